The van der Waals surface area contributed by atoms with Crippen LogP contribution in [0.25, 0.3) is 0 Å². The van der Waals surface area contributed by atoms with E-state index in [0.717, 1.165) is 30.9 Å². The number of carbonyl (C=O) groups excluding carboxylic acids is 1. The molecule has 1 saturated heterocycles. The molecule has 0 aromatic heterocycles. The number of hydrogen-bond acceptors (Lipinski definition) is 3. The van der Waals surface area contributed by atoms with E-state index in [4.69, 9.17) is 5.73 Å². The van der Waals surface area contributed by atoms with Gasteiger partial charge < -0.3 is 11.1 Å². The standard InChI is InChI=1S/C21H35N3O.2ClH/c1-4-21(5-2,16-22)20(25)23-13-18-8-10-19(11-9-18)15-24-12-6-7-17(3)14-24;;/h8-11,17H,4-7,12-16,22H2,1-3H3,(H,23,25);2*1H. The van der Waals surface area contributed by atoms with Crippen molar-refractivity contribution in [2.45, 2.75) is 59.5 Å². The molecule has 1 unspecified atom stereocenters. The average molecular weight is 418 g/mol. The summed E-state index contributed by atoms with van der Waals surface area (Å²) in [5.74, 6) is 0.884. The van der Waals surface area contributed by atoms with Crippen LogP contribution in [0, 0.1) is 11.3 Å². The molecule has 3 N–H and O–H groups in total. The first kappa shape index (κ1) is 26.2. The van der Waals surface area contributed by atoms with E-state index in [1.165, 1.54) is 31.5 Å². The van der Waals surface area contributed by atoms with Crippen LogP contribution in [-0.4, -0.2) is 30.4 Å². The Morgan fingerprint density at radius 1 is 1.19 bits per heavy atom. The fourth-order valence-corrected chi connectivity index (χ4v) is 3.77. The Labute approximate surface area is 177 Å². The van der Waals surface area contributed by atoms with E-state index in [1.807, 2.05) is 13.8 Å². The molecule has 1 aliphatic heterocycles. The van der Waals surface area contributed by atoms with Gasteiger partial charge in [-0.05, 0) is 49.3 Å². The minimum absolute atomic E-state index is 0. The molecule has 1 amide bonds. The molecule has 0 spiro atoms. The van der Waals surface area contributed by atoms with Gasteiger partial charge in [0, 0.05) is 26.2 Å². The highest BCUT2D eigenvalue weighted by Crippen LogP contribution is 2.25. The lowest BCUT2D eigenvalue weighted by molar-refractivity contribution is -0.131. The van der Waals surface area contributed by atoms with Crippen molar-refractivity contribution in [3.63, 3.8) is 0 Å². The lowest BCUT2D eigenvalue weighted by Gasteiger charge is -2.30. The second kappa shape index (κ2) is 12.6. The lowest BCUT2D eigenvalue weighted by atomic mass is 9.81. The van der Waals surface area contributed by atoms with Crippen molar-refractivity contribution in [2.24, 2.45) is 17.1 Å². The third-order valence-electron chi connectivity index (χ3n) is 5.85. The molecular formula is C21H37Cl2N3O. The maximum atomic E-state index is 12.5. The molecule has 1 aliphatic rings. The number of nitrogens with two attached hydrogens (primary N) is 1. The number of piperidine rings is 1. The number of halogens is 2. The van der Waals surface area contributed by atoms with E-state index >= 15 is 0 Å². The monoisotopic (exact) mass is 417 g/mol. The summed E-state index contributed by atoms with van der Waals surface area (Å²) in [5, 5.41) is 3.07. The quantitative estimate of drug-likeness (QED) is 0.667. The van der Waals surface area contributed by atoms with Crippen LogP contribution in [0.3, 0.4) is 0 Å². The molecule has 156 valence electrons. The zero-order valence-corrected chi connectivity index (χ0v) is 18.6. The van der Waals surface area contributed by atoms with Gasteiger partial charge in [-0.25, -0.2) is 0 Å². The van der Waals surface area contributed by atoms with E-state index in [-0.39, 0.29) is 30.7 Å². The number of nitrogens with one attached hydrogen (secondary N) is 1. The molecule has 27 heavy (non-hydrogen) atoms. The van der Waals surface area contributed by atoms with Crippen molar-refractivity contribution >= 4 is 30.7 Å². The van der Waals surface area contributed by atoms with Gasteiger partial charge in [0.05, 0.1) is 5.41 Å². The molecular weight excluding hydrogens is 381 g/mol. The lowest BCUT2D eigenvalue weighted by Crippen LogP contribution is -2.45. The van der Waals surface area contributed by atoms with E-state index in [1.54, 1.807) is 0 Å². The zero-order valence-electron chi connectivity index (χ0n) is 17.0. The second-order valence-corrected chi connectivity index (χ2v) is 7.67. The summed E-state index contributed by atoms with van der Waals surface area (Å²) in [6.07, 6.45) is 4.22. The van der Waals surface area contributed by atoms with Crippen molar-refractivity contribution in [3.8, 4) is 0 Å². The summed E-state index contributed by atoms with van der Waals surface area (Å²) in [4.78, 5) is 15.0. The molecule has 1 aromatic carbocycles. The fourth-order valence-electron chi connectivity index (χ4n) is 3.77. The summed E-state index contributed by atoms with van der Waals surface area (Å²) in [5.41, 5.74) is 7.92. The Bertz CT molecular complexity index is 539. The van der Waals surface area contributed by atoms with Crippen LogP contribution in [0.15, 0.2) is 24.3 Å². The number of benzene rings is 1. The Morgan fingerprint density at radius 2 is 1.78 bits per heavy atom. The van der Waals surface area contributed by atoms with Crippen LogP contribution < -0.4 is 11.1 Å². The number of hydrogen-bond donors (Lipinski definition) is 2. The smallest absolute Gasteiger partial charge is 0.227 e. The maximum Gasteiger partial charge on any atom is 0.227 e. The minimum atomic E-state index is -0.426. The highest BCUT2D eigenvalue weighted by atomic mass is 35.5. The highest BCUT2D eigenvalue weighted by Gasteiger charge is 2.32. The van der Waals surface area contributed by atoms with Gasteiger partial charge in [-0.2, -0.15) is 0 Å². The number of nitrogens with zero attached hydrogens (tertiary/aromatic N) is 1. The van der Waals surface area contributed by atoms with E-state index in [0.29, 0.717) is 13.1 Å². The molecule has 1 atom stereocenters. The van der Waals surface area contributed by atoms with Crippen molar-refractivity contribution in [2.75, 3.05) is 19.6 Å². The van der Waals surface area contributed by atoms with Crippen LogP contribution in [0.1, 0.15) is 57.6 Å². The molecule has 0 saturated carbocycles. The second-order valence-electron chi connectivity index (χ2n) is 7.67. The van der Waals surface area contributed by atoms with Crippen LogP contribution in [0.4, 0.5) is 0 Å². The summed E-state index contributed by atoms with van der Waals surface area (Å²) in [6, 6.07) is 8.64. The Morgan fingerprint density at radius 3 is 2.30 bits per heavy atom. The summed E-state index contributed by atoms with van der Waals surface area (Å²) in [7, 11) is 0. The summed E-state index contributed by atoms with van der Waals surface area (Å²) in [6.45, 7) is 10.8. The average Bonchev–Trinajstić information content (AvgIpc) is 2.63. The molecule has 1 aromatic rings. The number of likely N-dealkylation sites (tertiary alicyclic amines) is 1. The van der Waals surface area contributed by atoms with Crippen LogP contribution in [-0.2, 0) is 17.9 Å². The molecule has 1 heterocycles. The minimum Gasteiger partial charge on any atom is -0.352 e. The van der Waals surface area contributed by atoms with E-state index in [9.17, 15) is 4.79 Å². The zero-order chi connectivity index (χ0) is 18.3. The SMILES string of the molecule is CCC(CC)(CN)C(=O)NCc1ccc(CN2CCCC(C)C2)cc1.Cl.Cl. The highest BCUT2D eigenvalue weighted by molar-refractivity contribution is 5.85. The van der Waals surface area contributed by atoms with Gasteiger partial charge in [-0.1, -0.05) is 45.0 Å². The third kappa shape index (κ3) is 7.26. The Kier molecular flexibility index (Phi) is 12.2. The van der Waals surface area contributed by atoms with Crippen molar-refractivity contribution < 1.29 is 4.79 Å². The molecule has 1 fully saturated rings. The third-order valence-corrected chi connectivity index (χ3v) is 5.85. The maximum absolute atomic E-state index is 12.5. The van der Waals surface area contributed by atoms with E-state index in [2.05, 4.69) is 41.4 Å². The molecule has 0 bridgehead atoms. The predicted octanol–water partition coefficient (Wildman–Crippen LogP) is 4.14. The first-order chi connectivity index (χ1) is 12.0. The molecule has 2 rings (SSSR count). The number of carbonyl (C=O) groups is 1. The van der Waals surface area contributed by atoms with Gasteiger partial charge >= 0.3 is 0 Å². The fraction of sp³-hybridized carbons (Fsp3) is 0.667. The van der Waals surface area contributed by atoms with Crippen molar-refractivity contribution in [3.05, 3.63) is 35.4 Å². The van der Waals surface area contributed by atoms with Gasteiger partial charge in [0.2, 0.25) is 5.91 Å². The largest absolute Gasteiger partial charge is 0.352 e. The van der Waals surface area contributed by atoms with E-state index < -0.39 is 5.41 Å². The molecule has 4 nitrogen and oxygen atoms in total. The van der Waals surface area contributed by atoms with Crippen molar-refractivity contribution in [1.82, 2.24) is 10.2 Å². The van der Waals surface area contributed by atoms with Gasteiger partial charge in [-0.15, -0.1) is 24.8 Å². The Hall–Kier alpha value is -0.810. The summed E-state index contributed by atoms with van der Waals surface area (Å²) >= 11 is 0. The predicted molar refractivity (Wildman–Crippen MR) is 119 cm³/mol. The Balaban J connectivity index is 0.00000338. The van der Waals surface area contributed by atoms with Gasteiger partial charge in [-0.3, -0.25) is 9.69 Å². The normalized spacial score (nSPS) is 17.6. The van der Waals surface area contributed by atoms with Gasteiger partial charge in [0.1, 0.15) is 0 Å². The summed E-state index contributed by atoms with van der Waals surface area (Å²) < 4.78 is 0. The van der Waals surface area contributed by atoms with Crippen LogP contribution >= 0.6 is 24.8 Å². The van der Waals surface area contributed by atoms with Gasteiger partial charge in [0.25, 0.3) is 0 Å². The van der Waals surface area contributed by atoms with Crippen LogP contribution in [0.2, 0.25) is 0 Å². The van der Waals surface area contributed by atoms with Gasteiger partial charge in [0.15, 0.2) is 0 Å². The number of amides is 1. The molecule has 6 heteroatoms. The van der Waals surface area contributed by atoms with Crippen molar-refractivity contribution in [1.29, 1.82) is 0 Å². The van der Waals surface area contributed by atoms with Crippen LogP contribution in [0.5, 0.6) is 0 Å². The first-order valence-corrected chi connectivity index (χ1v) is 9.81. The topological polar surface area (TPSA) is 58.4 Å². The number of rotatable bonds is 8. The molecule has 0 aliphatic carbocycles. The molecule has 0 radical (unpaired) electrons. The first-order valence-electron chi connectivity index (χ1n) is 9.81.